The lowest BCUT2D eigenvalue weighted by atomic mass is 9.96. The van der Waals surface area contributed by atoms with Gasteiger partial charge in [-0.05, 0) is 62.5 Å². The number of carbonyl (C=O) groups is 1. The maximum Gasteiger partial charge on any atom is 0.241 e. The van der Waals surface area contributed by atoms with Crippen molar-refractivity contribution in [2.24, 2.45) is 5.92 Å². The highest BCUT2D eigenvalue weighted by Crippen LogP contribution is 2.26. The first-order valence-corrected chi connectivity index (χ1v) is 11.7. The van der Waals surface area contributed by atoms with E-state index in [4.69, 9.17) is 27.7 Å². The molecule has 32 heavy (non-hydrogen) atoms. The Bertz CT molecular complexity index is 1050. The van der Waals surface area contributed by atoms with Crippen molar-refractivity contribution in [2.75, 3.05) is 19.6 Å². The van der Waals surface area contributed by atoms with Gasteiger partial charge in [-0.1, -0.05) is 58.7 Å². The fraction of sp³-hybridized carbons (Fsp3) is 0.375. The predicted octanol–water partition coefficient (Wildman–Crippen LogP) is 5.00. The first kappa shape index (κ1) is 22.8. The molecule has 1 aromatic heterocycles. The second-order valence-corrected chi connectivity index (χ2v) is 8.84. The van der Waals surface area contributed by atoms with Crippen molar-refractivity contribution in [2.45, 2.75) is 32.2 Å². The standard InChI is InChI=1S/C24H26Cl2N4O2/c25-20-9-3-1-6-17(20)7-5-13-27-24(31)18-11-14-30(15-12-18)16-22-28-23(29-32-22)19-8-2-4-10-21(19)26/h1-4,6,8-10,18H,5,7,11-16H2,(H,27,31). The van der Waals surface area contributed by atoms with Gasteiger partial charge in [-0.25, -0.2) is 0 Å². The van der Waals surface area contributed by atoms with E-state index >= 15 is 0 Å². The van der Waals surface area contributed by atoms with E-state index in [-0.39, 0.29) is 11.8 Å². The summed E-state index contributed by atoms with van der Waals surface area (Å²) < 4.78 is 5.41. The Morgan fingerprint density at radius 1 is 1.06 bits per heavy atom. The molecule has 4 rings (SSSR count). The molecule has 2 heterocycles. The van der Waals surface area contributed by atoms with E-state index in [2.05, 4.69) is 20.4 Å². The zero-order valence-electron chi connectivity index (χ0n) is 17.8. The minimum Gasteiger partial charge on any atom is -0.356 e. The summed E-state index contributed by atoms with van der Waals surface area (Å²) >= 11 is 12.4. The van der Waals surface area contributed by atoms with E-state index in [1.807, 2.05) is 42.5 Å². The number of likely N-dealkylation sites (tertiary alicyclic amines) is 1. The molecule has 0 spiro atoms. The number of benzene rings is 2. The van der Waals surface area contributed by atoms with Crippen molar-refractivity contribution in [3.63, 3.8) is 0 Å². The molecule has 0 aliphatic carbocycles. The van der Waals surface area contributed by atoms with Gasteiger partial charge in [-0.3, -0.25) is 9.69 Å². The Hall–Kier alpha value is -2.41. The summed E-state index contributed by atoms with van der Waals surface area (Å²) in [6.45, 7) is 2.88. The minimum absolute atomic E-state index is 0.0490. The molecule has 1 fully saturated rings. The molecule has 0 bridgehead atoms. The molecule has 8 heteroatoms. The summed E-state index contributed by atoms with van der Waals surface area (Å²) in [7, 11) is 0. The molecule has 1 amide bonds. The zero-order valence-corrected chi connectivity index (χ0v) is 19.3. The molecular weight excluding hydrogens is 447 g/mol. The third-order valence-electron chi connectivity index (χ3n) is 5.78. The third kappa shape index (κ3) is 5.88. The summed E-state index contributed by atoms with van der Waals surface area (Å²) in [5, 5.41) is 8.51. The largest absolute Gasteiger partial charge is 0.356 e. The predicted molar refractivity (Wildman–Crippen MR) is 126 cm³/mol. The number of nitrogens with zero attached hydrogens (tertiary/aromatic N) is 3. The van der Waals surface area contributed by atoms with Crippen LogP contribution in [0.2, 0.25) is 10.0 Å². The molecule has 1 aliphatic heterocycles. The summed E-state index contributed by atoms with van der Waals surface area (Å²) in [4.78, 5) is 19.2. The van der Waals surface area contributed by atoms with E-state index in [9.17, 15) is 4.79 Å². The molecule has 0 atom stereocenters. The van der Waals surface area contributed by atoms with Crippen LogP contribution in [-0.2, 0) is 17.8 Å². The van der Waals surface area contributed by atoms with Crippen LogP contribution in [0.1, 0.15) is 30.7 Å². The van der Waals surface area contributed by atoms with Gasteiger partial charge in [0.25, 0.3) is 0 Å². The second-order valence-electron chi connectivity index (χ2n) is 8.03. The van der Waals surface area contributed by atoms with Crippen LogP contribution in [0, 0.1) is 5.92 Å². The van der Waals surface area contributed by atoms with Gasteiger partial charge < -0.3 is 9.84 Å². The molecule has 3 aromatic rings. The highest BCUT2D eigenvalue weighted by molar-refractivity contribution is 6.33. The van der Waals surface area contributed by atoms with E-state index < -0.39 is 0 Å². The number of rotatable bonds is 8. The fourth-order valence-corrected chi connectivity index (χ4v) is 4.40. The number of halogens is 2. The van der Waals surface area contributed by atoms with Gasteiger partial charge in [-0.2, -0.15) is 4.98 Å². The van der Waals surface area contributed by atoms with Crippen molar-refractivity contribution in [1.29, 1.82) is 0 Å². The lowest BCUT2D eigenvalue weighted by molar-refractivity contribution is -0.126. The van der Waals surface area contributed by atoms with Crippen LogP contribution in [0.3, 0.4) is 0 Å². The highest BCUT2D eigenvalue weighted by atomic mass is 35.5. The van der Waals surface area contributed by atoms with Gasteiger partial charge in [0.15, 0.2) is 0 Å². The lowest BCUT2D eigenvalue weighted by Gasteiger charge is -2.30. The zero-order chi connectivity index (χ0) is 22.3. The number of aryl methyl sites for hydroxylation is 1. The van der Waals surface area contributed by atoms with Crippen LogP contribution in [-0.4, -0.2) is 40.6 Å². The molecule has 2 aromatic carbocycles. The number of aromatic nitrogens is 2. The van der Waals surface area contributed by atoms with Gasteiger partial charge >= 0.3 is 0 Å². The Balaban J connectivity index is 1.19. The van der Waals surface area contributed by atoms with Crippen molar-refractivity contribution >= 4 is 29.1 Å². The van der Waals surface area contributed by atoms with Gasteiger partial charge in [0.2, 0.25) is 17.6 Å². The van der Waals surface area contributed by atoms with Crippen molar-refractivity contribution in [1.82, 2.24) is 20.4 Å². The van der Waals surface area contributed by atoms with Crippen LogP contribution >= 0.6 is 23.2 Å². The number of piperidine rings is 1. The van der Waals surface area contributed by atoms with E-state index in [1.54, 1.807) is 6.07 Å². The molecule has 0 radical (unpaired) electrons. The number of nitrogens with one attached hydrogen (secondary N) is 1. The van der Waals surface area contributed by atoms with E-state index in [1.165, 1.54) is 0 Å². The van der Waals surface area contributed by atoms with Crippen LogP contribution in [0.25, 0.3) is 11.4 Å². The Kier molecular flexibility index (Phi) is 7.79. The SMILES string of the molecule is O=C(NCCCc1ccccc1Cl)C1CCN(Cc2nc(-c3ccccc3Cl)no2)CC1. The molecule has 168 valence electrons. The van der Waals surface area contributed by atoms with Gasteiger partial charge in [0, 0.05) is 23.0 Å². The van der Waals surface area contributed by atoms with Crippen LogP contribution < -0.4 is 5.32 Å². The number of amides is 1. The maximum atomic E-state index is 12.5. The summed E-state index contributed by atoms with van der Waals surface area (Å²) in [5.41, 5.74) is 1.88. The van der Waals surface area contributed by atoms with Gasteiger partial charge in [0.1, 0.15) is 0 Å². The fourth-order valence-electron chi connectivity index (χ4n) is 3.95. The molecule has 1 saturated heterocycles. The normalized spacial score (nSPS) is 15.1. The Morgan fingerprint density at radius 3 is 2.53 bits per heavy atom. The maximum absolute atomic E-state index is 12.5. The van der Waals surface area contributed by atoms with Crippen LogP contribution in [0.15, 0.2) is 53.1 Å². The summed E-state index contributed by atoms with van der Waals surface area (Å²) in [6, 6.07) is 15.3. The minimum atomic E-state index is 0.0490. The Labute approximate surface area is 197 Å². The third-order valence-corrected chi connectivity index (χ3v) is 6.48. The smallest absolute Gasteiger partial charge is 0.241 e. The van der Waals surface area contributed by atoms with E-state index in [0.717, 1.165) is 54.9 Å². The summed E-state index contributed by atoms with van der Waals surface area (Å²) in [5.74, 6) is 1.24. The quantitative estimate of drug-likeness (QED) is 0.466. The first-order valence-electron chi connectivity index (χ1n) is 10.9. The number of hydrogen-bond acceptors (Lipinski definition) is 5. The Morgan fingerprint density at radius 2 is 1.78 bits per heavy atom. The molecular formula is C24H26Cl2N4O2. The average molecular weight is 473 g/mol. The number of hydrogen-bond donors (Lipinski definition) is 1. The molecule has 0 saturated carbocycles. The lowest BCUT2D eigenvalue weighted by Crippen LogP contribution is -2.40. The number of carbonyl (C=O) groups excluding carboxylic acids is 1. The van der Waals surface area contributed by atoms with Crippen LogP contribution in [0.4, 0.5) is 0 Å². The van der Waals surface area contributed by atoms with Gasteiger partial charge in [0.05, 0.1) is 11.6 Å². The topological polar surface area (TPSA) is 71.3 Å². The summed E-state index contributed by atoms with van der Waals surface area (Å²) in [6.07, 6.45) is 3.38. The van der Waals surface area contributed by atoms with Crippen molar-refractivity contribution in [3.8, 4) is 11.4 Å². The second kappa shape index (κ2) is 10.9. The van der Waals surface area contributed by atoms with Crippen molar-refractivity contribution < 1.29 is 9.32 Å². The van der Waals surface area contributed by atoms with Gasteiger partial charge in [-0.15, -0.1) is 0 Å². The van der Waals surface area contributed by atoms with E-state index in [0.29, 0.717) is 29.8 Å². The average Bonchev–Trinajstić information content (AvgIpc) is 3.26. The van der Waals surface area contributed by atoms with Crippen molar-refractivity contribution in [3.05, 3.63) is 70.0 Å². The first-order chi connectivity index (χ1) is 15.6. The monoisotopic (exact) mass is 472 g/mol. The molecule has 1 N–H and O–H groups in total. The van der Waals surface area contributed by atoms with Crippen LogP contribution in [0.5, 0.6) is 0 Å². The highest BCUT2D eigenvalue weighted by Gasteiger charge is 2.26. The molecule has 0 unspecified atom stereocenters. The molecule has 1 aliphatic rings. The molecule has 6 nitrogen and oxygen atoms in total.